The second-order valence-corrected chi connectivity index (χ2v) is 8.27. The Kier molecular flexibility index (Phi) is 3.87. The number of aliphatic hydroxyl groups is 1. The molecular weight excluding hydrogens is 353 g/mol. The molecule has 4 rings (SSSR count). The Hall–Kier alpha value is -2.95. The topological polar surface area (TPSA) is 89.7 Å². The first-order chi connectivity index (χ1) is 12.5. The van der Waals surface area contributed by atoms with Crippen molar-refractivity contribution in [2.24, 2.45) is 0 Å². The zero-order valence-corrected chi connectivity index (χ0v) is 14.4. The van der Waals surface area contributed by atoms with Crippen LogP contribution in [0.1, 0.15) is 11.4 Å². The van der Waals surface area contributed by atoms with Crippen LogP contribution in [-0.4, -0.2) is 10.0 Å². The average molecular weight is 367 g/mol. The van der Waals surface area contributed by atoms with Crippen LogP contribution in [0.5, 0.6) is 5.75 Å². The molecule has 2 atom stereocenters. The first kappa shape index (κ1) is 16.5. The summed E-state index contributed by atoms with van der Waals surface area (Å²) in [7, 11) is -3.70. The summed E-state index contributed by atoms with van der Waals surface area (Å²) in [4.78, 5) is 10.3. The fourth-order valence-corrected chi connectivity index (χ4v) is 5.39. The van der Waals surface area contributed by atoms with Gasteiger partial charge < -0.3 is 9.63 Å². The first-order valence-corrected chi connectivity index (χ1v) is 9.61. The van der Waals surface area contributed by atoms with E-state index >= 15 is 0 Å². The molecule has 0 bridgehead atoms. The molecule has 1 heterocycles. The number of nitrogens with zero attached hydrogens (tertiary/aromatic N) is 1. The number of nitro groups is 1. The fraction of sp³-hybridized carbons (Fsp3) is 0.0526. The van der Waals surface area contributed by atoms with Crippen LogP contribution in [0, 0.1) is 10.1 Å². The van der Waals surface area contributed by atoms with E-state index in [4.69, 9.17) is 4.52 Å². The minimum atomic E-state index is -3.70. The predicted molar refractivity (Wildman–Crippen MR) is 97.8 cm³/mol. The number of hydrogen-bond donors (Lipinski definition) is 1. The van der Waals surface area contributed by atoms with Crippen LogP contribution in [0.25, 0.3) is 11.1 Å². The van der Waals surface area contributed by atoms with Crippen molar-refractivity contribution in [3.8, 4) is 16.9 Å². The molecule has 0 saturated heterocycles. The Morgan fingerprint density at radius 1 is 0.923 bits per heavy atom. The van der Waals surface area contributed by atoms with E-state index < -0.39 is 18.1 Å². The quantitative estimate of drug-likeness (QED) is 0.425. The molecule has 7 heteroatoms. The lowest BCUT2D eigenvalue weighted by molar-refractivity contribution is -0.384. The van der Waals surface area contributed by atoms with E-state index in [2.05, 4.69) is 0 Å². The third kappa shape index (κ3) is 2.51. The molecule has 1 N–H and O–H groups in total. The summed E-state index contributed by atoms with van der Waals surface area (Å²) < 4.78 is 19.5. The van der Waals surface area contributed by atoms with Crippen molar-refractivity contribution in [1.82, 2.24) is 0 Å². The second-order valence-electron chi connectivity index (χ2n) is 5.92. The van der Waals surface area contributed by atoms with E-state index in [9.17, 15) is 19.8 Å². The maximum atomic E-state index is 13.7. The lowest BCUT2D eigenvalue weighted by Gasteiger charge is -2.31. The predicted octanol–water partition coefficient (Wildman–Crippen LogP) is 4.25. The van der Waals surface area contributed by atoms with E-state index in [1.165, 1.54) is 24.3 Å². The fourth-order valence-electron chi connectivity index (χ4n) is 3.08. The number of para-hydroxylation sites is 1. The van der Waals surface area contributed by atoms with Gasteiger partial charge in [-0.15, -0.1) is 0 Å². The van der Waals surface area contributed by atoms with Crippen LogP contribution in [-0.2, 0) is 4.57 Å². The Balaban J connectivity index is 1.83. The first-order valence-electron chi connectivity index (χ1n) is 7.91. The van der Waals surface area contributed by atoms with Crippen molar-refractivity contribution in [3.63, 3.8) is 0 Å². The summed E-state index contributed by atoms with van der Waals surface area (Å²) in [6, 6.07) is 19.7. The minimum absolute atomic E-state index is 0.102. The van der Waals surface area contributed by atoms with E-state index in [1.807, 2.05) is 24.3 Å². The SMILES string of the molecule is O=[N+]([O-])c1ccc(C(O)P2(=O)Oc3ccccc3-c3ccccc32)cc1. The zero-order valence-electron chi connectivity index (χ0n) is 13.5. The van der Waals surface area contributed by atoms with Crippen molar-refractivity contribution in [2.45, 2.75) is 5.85 Å². The molecule has 3 aromatic rings. The zero-order chi connectivity index (χ0) is 18.3. The number of hydrogen-bond acceptors (Lipinski definition) is 5. The highest BCUT2D eigenvalue weighted by atomic mass is 31.2. The highest BCUT2D eigenvalue weighted by molar-refractivity contribution is 7.68. The Bertz CT molecular complexity index is 1050. The van der Waals surface area contributed by atoms with Gasteiger partial charge in [-0.25, -0.2) is 0 Å². The maximum absolute atomic E-state index is 13.7. The van der Waals surface area contributed by atoms with Gasteiger partial charge in [0.2, 0.25) is 0 Å². The van der Waals surface area contributed by atoms with E-state index in [1.54, 1.807) is 24.3 Å². The lowest BCUT2D eigenvalue weighted by Crippen LogP contribution is -2.22. The monoisotopic (exact) mass is 367 g/mol. The van der Waals surface area contributed by atoms with Gasteiger partial charge >= 0.3 is 7.37 Å². The van der Waals surface area contributed by atoms with Crippen molar-refractivity contribution in [2.75, 3.05) is 0 Å². The molecule has 0 spiro atoms. The highest BCUT2D eigenvalue weighted by Crippen LogP contribution is 2.62. The second kappa shape index (κ2) is 6.09. The molecule has 0 amide bonds. The molecule has 1 aliphatic heterocycles. The minimum Gasteiger partial charge on any atom is -0.437 e. The van der Waals surface area contributed by atoms with Gasteiger partial charge in [0.05, 0.1) is 10.2 Å². The Morgan fingerprint density at radius 2 is 1.54 bits per heavy atom. The van der Waals surface area contributed by atoms with Gasteiger partial charge in [-0.1, -0.05) is 36.4 Å². The summed E-state index contributed by atoms with van der Waals surface area (Å²) in [6.45, 7) is 0. The van der Waals surface area contributed by atoms with E-state index in [0.29, 0.717) is 16.6 Å². The summed E-state index contributed by atoms with van der Waals surface area (Å²) in [6.07, 6.45) is 0. The molecule has 0 aliphatic carbocycles. The number of benzene rings is 3. The summed E-state index contributed by atoms with van der Waals surface area (Å²) in [5.41, 5.74) is 1.76. The van der Waals surface area contributed by atoms with Crippen molar-refractivity contribution < 1.29 is 19.1 Å². The molecular formula is C19H14NO5P. The van der Waals surface area contributed by atoms with E-state index in [-0.39, 0.29) is 5.69 Å². The smallest absolute Gasteiger partial charge is 0.310 e. The normalized spacial score (nSPS) is 19.0. The number of non-ortho nitro benzene ring substituents is 1. The van der Waals surface area contributed by atoms with Gasteiger partial charge in [0.1, 0.15) is 5.75 Å². The van der Waals surface area contributed by atoms with E-state index in [0.717, 1.165) is 11.1 Å². The van der Waals surface area contributed by atoms with Gasteiger partial charge in [0, 0.05) is 17.7 Å². The van der Waals surface area contributed by atoms with Crippen molar-refractivity contribution in [1.29, 1.82) is 0 Å². The number of rotatable bonds is 3. The molecule has 0 aromatic heterocycles. The molecule has 26 heavy (non-hydrogen) atoms. The lowest BCUT2D eigenvalue weighted by atomic mass is 10.0. The molecule has 0 saturated carbocycles. The molecule has 130 valence electrons. The van der Waals surface area contributed by atoms with Gasteiger partial charge in [0.25, 0.3) is 5.69 Å². The Morgan fingerprint density at radius 3 is 2.23 bits per heavy atom. The summed E-state index contributed by atoms with van der Waals surface area (Å²) in [5, 5.41) is 22.1. The van der Waals surface area contributed by atoms with Gasteiger partial charge in [0.15, 0.2) is 5.85 Å². The molecule has 1 aliphatic rings. The largest absolute Gasteiger partial charge is 0.437 e. The van der Waals surface area contributed by atoms with Crippen LogP contribution in [0.2, 0.25) is 0 Å². The Labute approximate surface area is 149 Å². The van der Waals surface area contributed by atoms with Gasteiger partial charge in [-0.2, -0.15) is 0 Å². The van der Waals surface area contributed by atoms with Crippen LogP contribution < -0.4 is 9.83 Å². The van der Waals surface area contributed by atoms with Crippen LogP contribution in [0.15, 0.2) is 72.8 Å². The third-order valence-corrected chi connectivity index (χ3v) is 6.85. The van der Waals surface area contributed by atoms with Crippen LogP contribution >= 0.6 is 7.37 Å². The third-order valence-electron chi connectivity index (χ3n) is 4.38. The summed E-state index contributed by atoms with van der Waals surface area (Å²) in [5.74, 6) is -0.992. The highest BCUT2D eigenvalue weighted by Gasteiger charge is 2.43. The average Bonchev–Trinajstić information content (AvgIpc) is 2.68. The van der Waals surface area contributed by atoms with Crippen molar-refractivity contribution >= 4 is 18.4 Å². The molecule has 3 aromatic carbocycles. The summed E-state index contributed by atoms with van der Waals surface area (Å²) >= 11 is 0. The van der Waals surface area contributed by atoms with Crippen LogP contribution in [0.4, 0.5) is 5.69 Å². The number of aliphatic hydroxyl groups excluding tert-OH is 1. The van der Waals surface area contributed by atoms with Gasteiger partial charge in [-0.05, 0) is 35.4 Å². The van der Waals surface area contributed by atoms with Crippen LogP contribution in [0.3, 0.4) is 0 Å². The number of nitro benzene ring substituents is 1. The maximum Gasteiger partial charge on any atom is 0.310 e. The molecule has 0 radical (unpaired) electrons. The molecule has 0 fully saturated rings. The number of fused-ring (bicyclic) bond motifs is 3. The molecule has 2 unspecified atom stereocenters. The molecule has 6 nitrogen and oxygen atoms in total. The van der Waals surface area contributed by atoms with Crippen molar-refractivity contribution in [3.05, 3.63) is 88.5 Å². The van der Waals surface area contributed by atoms with Gasteiger partial charge in [-0.3, -0.25) is 14.7 Å². The standard InChI is InChI=1S/C19H14NO5P/c21-19(13-9-11-14(12-10-13)20(22)23)26(24)18-8-4-2-6-16(18)15-5-1-3-7-17(15)25-26/h1-12,19,21H.